The van der Waals surface area contributed by atoms with Crippen molar-refractivity contribution in [3.05, 3.63) is 0 Å². The van der Waals surface area contributed by atoms with Crippen molar-refractivity contribution in [2.45, 2.75) is 28.5 Å². The number of carboxylic acids is 2. The number of hydrogen-bond donors (Lipinski definition) is 2. The van der Waals surface area contributed by atoms with Crippen molar-refractivity contribution in [2.75, 3.05) is 5.75 Å². The molecule has 0 amide bonds. The van der Waals surface area contributed by atoms with Crippen molar-refractivity contribution < 1.29 is 44.4 Å². The van der Waals surface area contributed by atoms with E-state index in [9.17, 15) is 19.8 Å². The molecule has 0 aromatic carbocycles. The summed E-state index contributed by atoms with van der Waals surface area (Å²) in [4.78, 5) is 23.1. The number of carboxylic acid groups (broad SMARTS) is 2. The predicted octanol–water partition coefficient (Wildman–Crippen LogP) is -2.81. The van der Waals surface area contributed by atoms with Crippen LogP contribution in [0.4, 0.5) is 0 Å². The monoisotopic (exact) mass is 357 g/mol. The number of aliphatic carboxylic acids is 2. The molecule has 90 valence electrons. The molecule has 5 nitrogen and oxygen atoms in total. The summed E-state index contributed by atoms with van der Waals surface area (Å²) in [5, 5.41) is 19.0. The number of carbonyl (C=O) groups is 2. The maximum atomic E-state index is 11.6. The van der Waals surface area contributed by atoms with E-state index in [4.69, 9.17) is 4.74 Å². The van der Waals surface area contributed by atoms with Gasteiger partial charge in [0.1, 0.15) is 0 Å². The van der Waals surface area contributed by atoms with E-state index in [2.05, 4.69) is 0 Å². The number of ether oxygens (including phenoxy) is 1. The van der Waals surface area contributed by atoms with Crippen LogP contribution < -0.4 is 19.8 Å². The molecule has 3 aliphatic heterocycles. The third kappa shape index (κ3) is 0.943. The van der Waals surface area contributed by atoms with Crippen LogP contribution in [0.25, 0.3) is 0 Å². The topological polar surface area (TPSA) is 83.8 Å². The van der Waals surface area contributed by atoms with Gasteiger partial charge in [0, 0.05) is 0 Å². The van der Waals surface area contributed by atoms with Gasteiger partial charge < -0.3 is 0 Å². The average Bonchev–Trinajstić information content (AvgIpc) is 2.88. The second kappa shape index (κ2) is 3.26. The van der Waals surface area contributed by atoms with Gasteiger partial charge in [0.15, 0.2) is 0 Å². The quantitative estimate of drug-likeness (QED) is 0.410. The van der Waals surface area contributed by atoms with Crippen molar-refractivity contribution in [1.82, 2.24) is 0 Å². The van der Waals surface area contributed by atoms with Crippen LogP contribution >= 0.6 is 8.93 Å². The molecule has 4 unspecified atom stereocenters. The van der Waals surface area contributed by atoms with Crippen LogP contribution in [-0.4, -0.2) is 43.5 Å². The summed E-state index contributed by atoms with van der Waals surface area (Å²) in [6.45, 7) is 0. The second-order valence-electron chi connectivity index (χ2n) is 4.31. The van der Waals surface area contributed by atoms with Gasteiger partial charge in [0.2, 0.25) is 0 Å². The summed E-state index contributed by atoms with van der Waals surface area (Å²) in [5.74, 6) is -1.53. The first-order valence-corrected chi connectivity index (χ1v) is 9.56. The minimum absolute atomic E-state index is 0.367. The predicted molar refractivity (Wildman–Crippen MR) is 50.8 cm³/mol. The van der Waals surface area contributed by atoms with Gasteiger partial charge in [0.25, 0.3) is 0 Å². The zero-order chi connectivity index (χ0) is 11.6. The van der Waals surface area contributed by atoms with E-state index in [0.29, 0.717) is 18.6 Å². The molecule has 0 spiro atoms. The summed E-state index contributed by atoms with van der Waals surface area (Å²) in [6.07, 6.45) is 0.637. The summed E-state index contributed by atoms with van der Waals surface area (Å²) < 4.78 is 4.53. The molecule has 3 saturated heterocycles. The Morgan fingerprint density at radius 1 is 1.25 bits per heavy atom. The molecule has 0 radical (unpaired) electrons. The summed E-state index contributed by atoms with van der Waals surface area (Å²) in [6, 6.07) is 0. The first-order chi connectivity index (χ1) is 7.55. The molecule has 0 aliphatic carbocycles. The Morgan fingerprint density at radius 3 is 2.50 bits per heavy atom. The molecule has 3 aliphatic rings. The van der Waals surface area contributed by atoms with Crippen molar-refractivity contribution in [3.63, 3.8) is 0 Å². The van der Waals surface area contributed by atoms with E-state index in [-0.39, 0.29) is 12.2 Å². The minimum atomic E-state index is -1.15. The number of fused-ring (bicyclic) bond motifs is 5. The average molecular weight is 357 g/mol. The van der Waals surface area contributed by atoms with Crippen LogP contribution in [0, 0.1) is 5.41 Å². The van der Waals surface area contributed by atoms with Crippen molar-refractivity contribution in [3.8, 4) is 0 Å². The van der Waals surface area contributed by atoms with Crippen LogP contribution in [0.1, 0.15) is 12.8 Å². The summed E-state index contributed by atoms with van der Waals surface area (Å²) in [5.41, 5.74) is -1.15. The molecule has 0 aromatic heterocycles. The normalized spacial score (nSPS) is 49.8. The van der Waals surface area contributed by atoms with Crippen LogP contribution in [0.5, 0.6) is 0 Å². The van der Waals surface area contributed by atoms with E-state index < -0.39 is 40.6 Å². The molecule has 2 bridgehead atoms. The molecule has 0 saturated carbocycles. The first kappa shape index (κ1) is 11.1. The van der Waals surface area contributed by atoms with E-state index in [1.807, 2.05) is 0 Å². The Balaban J connectivity index is 2.19. The molecule has 3 rings (SSSR count). The molecule has 3 heterocycles. The second-order valence-corrected chi connectivity index (χ2v) is 9.87. The fraction of sp³-hybridized carbons (Fsp3) is 0.778. The SMILES string of the molecule is O=C(O)C12CS[I-]C1(C(=O)O)C1CCC2O1. The molecule has 4 atom stereocenters. The van der Waals surface area contributed by atoms with Crippen LogP contribution in [0.3, 0.4) is 0 Å². The first-order valence-electron chi connectivity index (χ1n) is 4.96. The fourth-order valence-electron chi connectivity index (χ4n) is 3.05. The standard InChI is InChI=1S/C9H10IO5S/c11-6(12)8-3-16-10-9(8,7(13)14)5-2-1-4(8)15-5/h4-5H,1-3H2,(H,11,12)(H,13,14)/q-1. The van der Waals surface area contributed by atoms with Crippen LogP contribution in [0.15, 0.2) is 0 Å². The number of alkyl halides is 1. The number of hydrogen-bond acceptors (Lipinski definition) is 4. The van der Waals surface area contributed by atoms with Gasteiger partial charge in [0.05, 0.1) is 0 Å². The Bertz CT molecular complexity index is 354. The van der Waals surface area contributed by atoms with Gasteiger partial charge in [-0.2, -0.15) is 0 Å². The molecule has 0 aromatic rings. The molecule has 2 N–H and O–H groups in total. The van der Waals surface area contributed by atoms with Crippen LogP contribution in [0.2, 0.25) is 0 Å². The van der Waals surface area contributed by atoms with Gasteiger partial charge in [-0.25, -0.2) is 0 Å². The van der Waals surface area contributed by atoms with Crippen molar-refractivity contribution in [2.24, 2.45) is 5.41 Å². The van der Waals surface area contributed by atoms with Crippen molar-refractivity contribution in [1.29, 1.82) is 0 Å². The molecule has 3 fully saturated rings. The number of rotatable bonds is 2. The molecule has 7 heteroatoms. The van der Waals surface area contributed by atoms with E-state index in [1.54, 1.807) is 0 Å². The Hall–Kier alpha value is -0.0200. The number of halogens is 1. The van der Waals surface area contributed by atoms with Gasteiger partial charge in [-0.3, -0.25) is 0 Å². The van der Waals surface area contributed by atoms with Crippen molar-refractivity contribution >= 4 is 20.9 Å². The Labute approximate surface area is 105 Å². The fourth-order valence-corrected chi connectivity index (χ4v) is 11.8. The zero-order valence-corrected chi connectivity index (χ0v) is 11.2. The Kier molecular flexibility index (Phi) is 2.26. The van der Waals surface area contributed by atoms with Gasteiger partial charge in [-0.05, 0) is 0 Å². The molecule has 16 heavy (non-hydrogen) atoms. The molecular formula is C9H10IO5S-. The van der Waals surface area contributed by atoms with Crippen LogP contribution in [-0.2, 0) is 14.3 Å². The van der Waals surface area contributed by atoms with Gasteiger partial charge >= 0.3 is 105 Å². The third-order valence-electron chi connectivity index (χ3n) is 3.81. The van der Waals surface area contributed by atoms with E-state index >= 15 is 0 Å². The summed E-state index contributed by atoms with van der Waals surface area (Å²) >= 11 is -0.716. The van der Waals surface area contributed by atoms with E-state index in [0.717, 1.165) is 0 Å². The van der Waals surface area contributed by atoms with Gasteiger partial charge in [-0.1, -0.05) is 0 Å². The summed E-state index contributed by atoms with van der Waals surface area (Å²) in [7, 11) is 1.54. The zero-order valence-electron chi connectivity index (χ0n) is 8.18. The Morgan fingerprint density at radius 2 is 1.94 bits per heavy atom. The third-order valence-corrected chi connectivity index (χ3v) is 10.8. The van der Waals surface area contributed by atoms with E-state index in [1.165, 1.54) is 8.93 Å². The molecular weight excluding hydrogens is 347 g/mol. The van der Waals surface area contributed by atoms with Gasteiger partial charge in [-0.15, -0.1) is 0 Å². The maximum absolute atomic E-state index is 11.6.